The highest BCUT2D eigenvalue weighted by atomic mass is 16.6. The summed E-state index contributed by atoms with van der Waals surface area (Å²) < 4.78 is 37.9. The summed E-state index contributed by atoms with van der Waals surface area (Å²) in [5, 5.41) is 5.32. The lowest BCUT2D eigenvalue weighted by Gasteiger charge is -2.27. The zero-order valence-electron chi connectivity index (χ0n) is 24.8. The van der Waals surface area contributed by atoms with Gasteiger partial charge in [-0.2, -0.15) is 0 Å². The minimum absolute atomic E-state index is 0.0717. The average molecular weight is 610 g/mol. The summed E-state index contributed by atoms with van der Waals surface area (Å²) in [6, 6.07) is 3.92. The van der Waals surface area contributed by atoms with Gasteiger partial charge in [-0.15, -0.1) is 0 Å². The fraction of sp³-hybridized carbons (Fsp3) is 0.655. The molecule has 43 heavy (non-hydrogen) atoms. The molecule has 1 atom stereocenters. The van der Waals surface area contributed by atoms with Crippen LogP contribution in [-0.2, 0) is 42.7 Å². The van der Waals surface area contributed by atoms with Gasteiger partial charge in [-0.3, -0.25) is 29.4 Å². The third-order valence-corrected chi connectivity index (χ3v) is 6.47. The normalized spacial score (nSPS) is 16.6. The number of piperidine rings is 1. The molecule has 0 saturated carbocycles. The third kappa shape index (κ3) is 11.6. The lowest BCUT2D eigenvalue weighted by atomic mass is 10.0. The number of rotatable bonds is 24. The number of carbonyl (C=O) groups is 4. The van der Waals surface area contributed by atoms with Gasteiger partial charge in [0.25, 0.3) is 11.8 Å². The van der Waals surface area contributed by atoms with Crippen molar-refractivity contribution in [2.45, 2.75) is 25.8 Å². The molecule has 1 aromatic carbocycles. The van der Waals surface area contributed by atoms with Gasteiger partial charge < -0.3 is 38.5 Å². The van der Waals surface area contributed by atoms with E-state index in [4.69, 9.17) is 33.2 Å². The number of nitrogens with one attached hydrogen (secondary N) is 2. The number of anilines is 1. The fourth-order valence-electron chi connectivity index (χ4n) is 4.38. The van der Waals surface area contributed by atoms with Gasteiger partial charge in [0.15, 0.2) is 0 Å². The highest BCUT2D eigenvalue weighted by Gasteiger charge is 2.45. The molecule has 2 N–H and O–H groups in total. The van der Waals surface area contributed by atoms with Gasteiger partial charge in [0.1, 0.15) is 6.04 Å². The van der Waals surface area contributed by atoms with Crippen molar-refractivity contribution >= 4 is 29.3 Å². The molecule has 0 aliphatic carbocycles. The summed E-state index contributed by atoms with van der Waals surface area (Å²) in [6.07, 6.45) is 0.182. The Hall–Kier alpha value is -2.98. The highest BCUT2D eigenvalue weighted by Crippen LogP contribution is 2.32. The van der Waals surface area contributed by atoms with Gasteiger partial charge in [-0.05, 0) is 25.5 Å². The summed E-state index contributed by atoms with van der Waals surface area (Å²) in [5.41, 5.74) is 0.926. The van der Waals surface area contributed by atoms with E-state index in [2.05, 4.69) is 10.6 Å². The summed E-state index contributed by atoms with van der Waals surface area (Å²) in [7, 11) is 0. The fourth-order valence-corrected chi connectivity index (χ4v) is 4.38. The van der Waals surface area contributed by atoms with Crippen molar-refractivity contribution in [1.29, 1.82) is 0 Å². The van der Waals surface area contributed by atoms with E-state index < -0.39 is 29.7 Å². The van der Waals surface area contributed by atoms with E-state index in [0.29, 0.717) is 105 Å². The maximum Gasteiger partial charge on any atom is 0.264 e. The van der Waals surface area contributed by atoms with Crippen LogP contribution in [0.25, 0.3) is 0 Å². The Kier molecular flexibility index (Phi) is 16.1. The van der Waals surface area contributed by atoms with Crippen LogP contribution < -0.4 is 10.6 Å². The van der Waals surface area contributed by atoms with Crippen LogP contribution in [-0.4, -0.2) is 134 Å². The van der Waals surface area contributed by atoms with Crippen LogP contribution in [0.15, 0.2) is 18.2 Å². The summed E-state index contributed by atoms with van der Waals surface area (Å²) in [6.45, 7) is 9.22. The summed E-state index contributed by atoms with van der Waals surface area (Å²) in [5.74, 6) is -2.15. The number of amides is 4. The largest absolute Gasteiger partial charge is 0.382 e. The molecule has 4 amide bonds. The Morgan fingerprint density at radius 1 is 0.721 bits per heavy atom. The standard InChI is InChI=1S/C29H43N3O11/c1-2-37-10-11-39-14-15-41-18-19-43-21-20-42-17-16-40-13-12-38-9-8-30-23-5-3-4-22-26(23)29(36)32(28(22)35)24-6-7-25(33)31-27(24)34/h3-5,24,30H,2,6-21H2,1H3,(H,31,33,34). The number of ether oxygens (including phenoxy) is 7. The molecule has 1 saturated heterocycles. The Labute approximate surface area is 251 Å². The molecule has 1 aromatic rings. The smallest absolute Gasteiger partial charge is 0.264 e. The number of hydrogen-bond donors (Lipinski definition) is 2. The van der Waals surface area contributed by atoms with Crippen molar-refractivity contribution in [3.63, 3.8) is 0 Å². The maximum absolute atomic E-state index is 13.1. The van der Waals surface area contributed by atoms with E-state index in [1.807, 2.05) is 6.92 Å². The zero-order chi connectivity index (χ0) is 30.7. The van der Waals surface area contributed by atoms with Crippen molar-refractivity contribution in [1.82, 2.24) is 10.2 Å². The van der Waals surface area contributed by atoms with Gasteiger partial charge in [-0.25, -0.2) is 0 Å². The Morgan fingerprint density at radius 2 is 1.23 bits per heavy atom. The van der Waals surface area contributed by atoms with Gasteiger partial charge >= 0.3 is 0 Å². The quantitative estimate of drug-likeness (QED) is 0.125. The number of carbonyl (C=O) groups excluding carboxylic acids is 4. The van der Waals surface area contributed by atoms with Crippen LogP contribution in [0.5, 0.6) is 0 Å². The van der Waals surface area contributed by atoms with Gasteiger partial charge in [0, 0.05) is 25.3 Å². The molecule has 14 nitrogen and oxygen atoms in total. The van der Waals surface area contributed by atoms with Crippen molar-refractivity contribution in [3.05, 3.63) is 29.3 Å². The predicted octanol–water partition coefficient (Wildman–Crippen LogP) is 0.636. The minimum Gasteiger partial charge on any atom is -0.382 e. The molecule has 0 aromatic heterocycles. The van der Waals surface area contributed by atoms with Crippen LogP contribution in [0, 0.1) is 0 Å². The number of fused-ring (bicyclic) bond motifs is 1. The van der Waals surface area contributed by atoms with Gasteiger partial charge in [0.2, 0.25) is 11.8 Å². The number of hydrogen-bond acceptors (Lipinski definition) is 12. The first-order valence-corrected chi connectivity index (χ1v) is 14.7. The Bertz CT molecular complexity index is 1040. The molecule has 2 aliphatic rings. The van der Waals surface area contributed by atoms with Gasteiger partial charge in [0.05, 0.1) is 97.0 Å². The Morgan fingerprint density at radius 3 is 1.74 bits per heavy atom. The molecular formula is C29H43N3O11. The van der Waals surface area contributed by atoms with E-state index >= 15 is 0 Å². The van der Waals surface area contributed by atoms with Crippen LogP contribution in [0.4, 0.5) is 5.69 Å². The number of benzene rings is 1. The number of nitrogens with zero attached hydrogens (tertiary/aromatic N) is 1. The molecule has 0 spiro atoms. The van der Waals surface area contributed by atoms with E-state index in [0.717, 1.165) is 4.90 Å². The molecule has 0 bridgehead atoms. The molecule has 0 radical (unpaired) electrons. The second kappa shape index (κ2) is 20.1. The van der Waals surface area contributed by atoms with Crippen LogP contribution in [0.2, 0.25) is 0 Å². The molecule has 1 unspecified atom stereocenters. The molecule has 14 heteroatoms. The minimum atomic E-state index is -1.00. The molecule has 240 valence electrons. The SMILES string of the molecule is CCOCCOCCOCCOCCOCCOCCOCCNc1cccc2c1C(=O)N(C1CCC(=O)NC1=O)C2=O. The number of imide groups is 2. The van der Waals surface area contributed by atoms with Crippen molar-refractivity contribution in [2.24, 2.45) is 0 Å². The lowest BCUT2D eigenvalue weighted by Crippen LogP contribution is -2.54. The van der Waals surface area contributed by atoms with E-state index in [9.17, 15) is 19.2 Å². The molecule has 2 heterocycles. The Balaban J connectivity index is 1.16. The topological polar surface area (TPSA) is 160 Å². The monoisotopic (exact) mass is 609 g/mol. The van der Waals surface area contributed by atoms with E-state index in [1.165, 1.54) is 0 Å². The maximum atomic E-state index is 13.1. The van der Waals surface area contributed by atoms with Crippen molar-refractivity contribution in [2.75, 3.05) is 104 Å². The second-order valence-corrected chi connectivity index (χ2v) is 9.47. The van der Waals surface area contributed by atoms with E-state index in [-0.39, 0.29) is 24.0 Å². The van der Waals surface area contributed by atoms with Crippen molar-refractivity contribution < 1.29 is 52.3 Å². The third-order valence-electron chi connectivity index (χ3n) is 6.47. The van der Waals surface area contributed by atoms with Gasteiger partial charge in [-0.1, -0.05) is 6.07 Å². The molecule has 1 fully saturated rings. The highest BCUT2D eigenvalue weighted by molar-refractivity contribution is 6.25. The van der Waals surface area contributed by atoms with Crippen LogP contribution in [0.1, 0.15) is 40.5 Å². The molecular weight excluding hydrogens is 566 g/mol. The lowest BCUT2D eigenvalue weighted by molar-refractivity contribution is -0.136. The van der Waals surface area contributed by atoms with Crippen molar-refractivity contribution in [3.8, 4) is 0 Å². The predicted molar refractivity (Wildman–Crippen MR) is 153 cm³/mol. The van der Waals surface area contributed by atoms with Crippen LogP contribution >= 0.6 is 0 Å². The first-order valence-electron chi connectivity index (χ1n) is 14.7. The molecule has 3 rings (SSSR count). The second-order valence-electron chi connectivity index (χ2n) is 9.47. The van der Waals surface area contributed by atoms with Crippen LogP contribution in [0.3, 0.4) is 0 Å². The first kappa shape index (κ1) is 34.5. The summed E-state index contributed by atoms with van der Waals surface area (Å²) in [4.78, 5) is 50.7. The first-order chi connectivity index (χ1) is 21.0. The zero-order valence-corrected chi connectivity index (χ0v) is 24.8. The average Bonchev–Trinajstić information content (AvgIpc) is 3.25. The summed E-state index contributed by atoms with van der Waals surface area (Å²) >= 11 is 0. The molecule has 2 aliphatic heterocycles. The van der Waals surface area contributed by atoms with E-state index in [1.54, 1.807) is 18.2 Å².